The first-order chi connectivity index (χ1) is 13.6. The fraction of sp³-hybridized carbons (Fsp3) is 0.435. The molecule has 5 nitrogen and oxygen atoms in total. The van der Waals surface area contributed by atoms with Crippen molar-refractivity contribution in [3.8, 4) is 0 Å². The summed E-state index contributed by atoms with van der Waals surface area (Å²) in [5.41, 5.74) is 4.97. The van der Waals surface area contributed by atoms with Gasteiger partial charge in [0.1, 0.15) is 0 Å². The number of cyclic esters (lactones) is 1. The summed E-state index contributed by atoms with van der Waals surface area (Å²) in [7, 11) is 0. The van der Waals surface area contributed by atoms with Crippen LogP contribution in [0.1, 0.15) is 31.7 Å². The van der Waals surface area contributed by atoms with Crippen molar-refractivity contribution in [3.63, 3.8) is 0 Å². The Morgan fingerprint density at radius 1 is 1.31 bits per heavy atom. The maximum absolute atomic E-state index is 11.9. The molecule has 0 fully saturated rings. The minimum absolute atomic E-state index is 0. The molecule has 5 rings (SSSR count). The van der Waals surface area contributed by atoms with Crippen molar-refractivity contribution < 1.29 is 35.7 Å². The maximum atomic E-state index is 11.9. The van der Waals surface area contributed by atoms with Gasteiger partial charge in [0, 0.05) is 32.3 Å². The van der Waals surface area contributed by atoms with E-state index in [4.69, 9.17) is 9.84 Å². The van der Waals surface area contributed by atoms with Gasteiger partial charge in [-0.05, 0) is 55.4 Å². The number of nitrogens with one attached hydrogen (secondary N) is 1. The van der Waals surface area contributed by atoms with E-state index in [1.165, 1.54) is 11.3 Å². The average molecular weight is 563 g/mol. The van der Waals surface area contributed by atoms with Gasteiger partial charge in [-0.2, -0.15) is 0 Å². The molecule has 1 aromatic rings. The van der Waals surface area contributed by atoms with E-state index in [9.17, 15) is 4.79 Å². The fourth-order valence-electron chi connectivity index (χ4n) is 4.29. The van der Waals surface area contributed by atoms with Crippen LogP contribution in [0.2, 0.25) is 0 Å². The van der Waals surface area contributed by atoms with Gasteiger partial charge in [0.2, 0.25) is 0 Å². The fourth-order valence-corrected chi connectivity index (χ4v) is 4.29. The number of ether oxygens (including phenoxy) is 1. The molecule has 1 aromatic carbocycles. The summed E-state index contributed by atoms with van der Waals surface area (Å²) in [5.74, 6) is -0.141. The predicted molar refractivity (Wildman–Crippen MR) is 110 cm³/mol. The Labute approximate surface area is 186 Å². The molecule has 29 heavy (non-hydrogen) atoms. The van der Waals surface area contributed by atoms with Crippen LogP contribution in [0.4, 0.5) is 5.69 Å². The van der Waals surface area contributed by atoms with Crippen LogP contribution < -0.4 is 5.32 Å². The first-order valence-corrected chi connectivity index (χ1v) is 10.0. The number of aliphatic hydroxyl groups is 1. The number of rotatable bonds is 2. The van der Waals surface area contributed by atoms with Crippen LogP contribution in [-0.4, -0.2) is 42.4 Å². The van der Waals surface area contributed by atoms with Crippen LogP contribution >= 0.6 is 0 Å². The van der Waals surface area contributed by atoms with Gasteiger partial charge in [-0.25, -0.2) is 4.79 Å². The molecule has 0 saturated heterocycles. The monoisotopic (exact) mass is 563 g/mol. The zero-order valence-corrected chi connectivity index (χ0v) is 19.6. The number of hydrogen-bond acceptors (Lipinski definition) is 4. The predicted octanol–water partition coefficient (Wildman–Crippen LogP) is 3.67. The number of esters is 1. The minimum atomic E-state index is -0.562. The molecule has 154 valence electrons. The van der Waals surface area contributed by atoms with Gasteiger partial charge in [0.25, 0.3) is 0 Å². The Morgan fingerprint density at radius 3 is 2.86 bits per heavy atom. The minimum Gasteiger partial charge on any atom is -0.658 e. The number of allylic oxidation sites excluding steroid dienone is 2. The Balaban J connectivity index is 0.000000174. The Kier molecular flexibility index (Phi) is 7.15. The smallest absolute Gasteiger partial charge is 0.335 e. The van der Waals surface area contributed by atoms with E-state index >= 15 is 0 Å². The summed E-state index contributed by atoms with van der Waals surface area (Å²) >= 11 is 0. The molecule has 3 aliphatic heterocycles. The SMILES string of the molecule is CC1(C2=CCCC=C2)OC(=O)C2=C1C[N-]CC2.OC[C@@H]1Cc2ccccc2N1.[W]. The zero-order chi connectivity index (χ0) is 19.6. The third-order valence-corrected chi connectivity index (χ3v) is 5.88. The van der Waals surface area contributed by atoms with Gasteiger partial charge in [0.05, 0.1) is 12.6 Å². The van der Waals surface area contributed by atoms with Crippen LogP contribution in [-0.2, 0) is 37.0 Å². The van der Waals surface area contributed by atoms with Crippen molar-refractivity contribution >= 4 is 11.7 Å². The van der Waals surface area contributed by atoms with E-state index in [0.717, 1.165) is 48.9 Å². The van der Waals surface area contributed by atoms with Crippen molar-refractivity contribution in [1.29, 1.82) is 0 Å². The zero-order valence-electron chi connectivity index (χ0n) is 16.7. The van der Waals surface area contributed by atoms with Gasteiger partial charge in [0.15, 0.2) is 5.60 Å². The molecule has 0 aromatic heterocycles. The quantitative estimate of drug-likeness (QED) is 0.540. The first kappa shape index (κ1) is 22.0. The number of hydrogen-bond donors (Lipinski definition) is 2. The number of fused-ring (bicyclic) bond motifs is 1. The average Bonchev–Trinajstić information content (AvgIpc) is 3.29. The topological polar surface area (TPSA) is 72.7 Å². The second-order valence-electron chi connectivity index (χ2n) is 7.76. The van der Waals surface area contributed by atoms with E-state index in [2.05, 4.69) is 34.9 Å². The molecule has 6 heteroatoms. The van der Waals surface area contributed by atoms with Gasteiger partial charge in [-0.15, -0.1) is 13.1 Å². The molecule has 0 saturated carbocycles. The number of nitrogens with zero attached hydrogens (tertiary/aromatic N) is 1. The van der Waals surface area contributed by atoms with Crippen molar-refractivity contribution in [2.45, 2.75) is 44.2 Å². The molecule has 1 unspecified atom stereocenters. The third kappa shape index (κ3) is 4.42. The Hall–Kier alpha value is -1.68. The van der Waals surface area contributed by atoms with E-state index in [0.29, 0.717) is 6.54 Å². The Bertz CT molecular complexity index is 836. The normalized spacial score (nSPS) is 26.9. The molecule has 2 atom stereocenters. The van der Waals surface area contributed by atoms with Gasteiger partial charge >= 0.3 is 5.97 Å². The van der Waals surface area contributed by atoms with Crippen molar-refractivity contribution in [3.05, 3.63) is 70.1 Å². The van der Waals surface area contributed by atoms with Gasteiger partial charge in [-0.3, -0.25) is 0 Å². The maximum Gasteiger partial charge on any atom is 0.335 e. The molecular formula is C23H27N2O3W-. The summed E-state index contributed by atoms with van der Waals surface area (Å²) < 4.78 is 5.64. The number of carbonyl (C=O) groups is 1. The van der Waals surface area contributed by atoms with Crippen molar-refractivity contribution in [2.75, 3.05) is 25.0 Å². The molecule has 3 heterocycles. The molecular weight excluding hydrogens is 536 g/mol. The van der Waals surface area contributed by atoms with E-state index < -0.39 is 5.60 Å². The molecule has 2 N–H and O–H groups in total. The standard InChI is InChI=1S/C14H16NO2.C9H11NO.W/c1-14(10-5-3-2-4-6-10)12-9-15-8-7-11(12)13(16)17-14;11-6-8-5-7-3-1-2-4-9(7)10-8;/h3,5-6H,2,4,7-9H2,1H3;1-4,8,10-11H,5-6H2;/q-1;;/t;8-;/m.0./s1. The largest absolute Gasteiger partial charge is 0.658 e. The molecule has 0 spiro atoms. The number of carbonyl (C=O) groups excluding carboxylic acids is 1. The van der Waals surface area contributed by atoms with Crippen molar-refractivity contribution in [2.24, 2.45) is 0 Å². The molecule has 4 aliphatic rings. The molecule has 0 radical (unpaired) electrons. The van der Waals surface area contributed by atoms with Crippen LogP contribution in [0.15, 0.2) is 59.2 Å². The number of para-hydroxylation sites is 1. The second-order valence-corrected chi connectivity index (χ2v) is 7.76. The van der Waals surface area contributed by atoms with Gasteiger partial charge < -0.3 is 20.5 Å². The summed E-state index contributed by atoms with van der Waals surface area (Å²) in [6.45, 7) is 3.60. The van der Waals surface area contributed by atoms with E-state index in [1.807, 2.05) is 25.1 Å². The molecule has 0 amide bonds. The van der Waals surface area contributed by atoms with E-state index in [1.54, 1.807) is 0 Å². The third-order valence-electron chi connectivity index (χ3n) is 5.88. The second kappa shape index (κ2) is 9.42. The van der Waals surface area contributed by atoms with Crippen LogP contribution in [0.3, 0.4) is 0 Å². The van der Waals surface area contributed by atoms with Crippen LogP contribution in [0, 0.1) is 0 Å². The summed E-state index contributed by atoms with van der Waals surface area (Å²) in [5, 5.41) is 16.5. The van der Waals surface area contributed by atoms with E-state index in [-0.39, 0.29) is 39.7 Å². The van der Waals surface area contributed by atoms with Crippen LogP contribution in [0.25, 0.3) is 5.32 Å². The molecule has 0 bridgehead atoms. The number of anilines is 1. The van der Waals surface area contributed by atoms with Crippen LogP contribution in [0.5, 0.6) is 0 Å². The Morgan fingerprint density at radius 2 is 2.14 bits per heavy atom. The van der Waals surface area contributed by atoms with Gasteiger partial charge in [-0.1, -0.05) is 36.4 Å². The van der Waals surface area contributed by atoms with Crippen molar-refractivity contribution in [1.82, 2.24) is 0 Å². The molecule has 1 aliphatic carbocycles. The summed E-state index contributed by atoms with van der Waals surface area (Å²) in [4.78, 5) is 11.9. The summed E-state index contributed by atoms with van der Waals surface area (Å²) in [6.07, 6.45) is 10.2. The number of benzene rings is 1. The number of aliphatic hydroxyl groups excluding tert-OH is 1. The summed E-state index contributed by atoms with van der Waals surface area (Å²) in [6, 6.07) is 8.40. The first-order valence-electron chi connectivity index (χ1n) is 10.0.